The highest BCUT2D eigenvalue weighted by molar-refractivity contribution is 7.89. The highest BCUT2D eigenvalue weighted by atomic mass is 32.2. The number of aromatic nitrogens is 2. The molecule has 2 rings (SSSR count). The van der Waals surface area contributed by atoms with Crippen molar-refractivity contribution in [3.8, 4) is 0 Å². The van der Waals surface area contributed by atoms with Crippen LogP contribution in [0.25, 0.3) is 0 Å². The highest BCUT2D eigenvalue weighted by Crippen LogP contribution is 2.23. The van der Waals surface area contributed by atoms with Crippen LogP contribution in [-0.2, 0) is 23.1 Å². The van der Waals surface area contributed by atoms with Crippen LogP contribution in [0, 0.1) is 27.7 Å². The van der Waals surface area contributed by atoms with E-state index in [1.54, 1.807) is 12.1 Å². The predicted molar refractivity (Wildman–Crippen MR) is 96.6 cm³/mol. The molecule has 0 aliphatic rings. The summed E-state index contributed by atoms with van der Waals surface area (Å²) in [4.78, 5) is 0.352. The van der Waals surface area contributed by atoms with Crippen molar-refractivity contribution in [2.75, 3.05) is 6.54 Å². The van der Waals surface area contributed by atoms with Gasteiger partial charge in [0, 0.05) is 30.9 Å². The Morgan fingerprint density at radius 2 is 1.75 bits per heavy atom. The zero-order valence-corrected chi connectivity index (χ0v) is 16.2. The van der Waals surface area contributed by atoms with Crippen LogP contribution >= 0.6 is 0 Å². The van der Waals surface area contributed by atoms with Gasteiger partial charge < -0.3 is 0 Å². The lowest BCUT2D eigenvalue weighted by atomic mass is 10.1. The molecule has 5 nitrogen and oxygen atoms in total. The van der Waals surface area contributed by atoms with E-state index in [-0.39, 0.29) is 0 Å². The van der Waals surface area contributed by atoms with Gasteiger partial charge in [-0.25, -0.2) is 8.42 Å². The first-order valence-corrected chi connectivity index (χ1v) is 9.76. The van der Waals surface area contributed by atoms with E-state index in [9.17, 15) is 8.42 Å². The minimum Gasteiger partial charge on any atom is -0.270 e. The molecular weight excluding hydrogens is 322 g/mol. The van der Waals surface area contributed by atoms with Crippen molar-refractivity contribution in [2.24, 2.45) is 0 Å². The lowest BCUT2D eigenvalue weighted by Gasteiger charge is -2.21. The number of aryl methyl sites for hydroxylation is 4. The summed E-state index contributed by atoms with van der Waals surface area (Å²) in [5, 5.41) is 4.49. The summed E-state index contributed by atoms with van der Waals surface area (Å²) < 4.78 is 29.5. The summed E-state index contributed by atoms with van der Waals surface area (Å²) in [5.74, 6) is 0. The Labute approximate surface area is 145 Å². The van der Waals surface area contributed by atoms with Gasteiger partial charge in [0.05, 0.1) is 10.6 Å². The number of benzene rings is 1. The standard InChI is InChI=1S/C18H27N3O2S/c1-7-20(12-18-15(5)19-21(8-2)16(18)6)24(22,23)17-10-9-13(3)14(4)11-17/h9-11H,7-8,12H2,1-6H3. The lowest BCUT2D eigenvalue weighted by Crippen LogP contribution is -2.31. The van der Waals surface area contributed by atoms with Crippen LogP contribution in [0.3, 0.4) is 0 Å². The number of rotatable bonds is 6. The van der Waals surface area contributed by atoms with Gasteiger partial charge in [-0.15, -0.1) is 0 Å². The van der Waals surface area contributed by atoms with Gasteiger partial charge in [-0.05, 0) is 57.9 Å². The summed E-state index contributed by atoms with van der Waals surface area (Å²) >= 11 is 0. The van der Waals surface area contributed by atoms with Gasteiger partial charge in [0.2, 0.25) is 10.0 Å². The van der Waals surface area contributed by atoms with Crippen molar-refractivity contribution < 1.29 is 8.42 Å². The highest BCUT2D eigenvalue weighted by Gasteiger charge is 2.25. The molecule has 6 heteroatoms. The van der Waals surface area contributed by atoms with Crippen molar-refractivity contribution in [3.63, 3.8) is 0 Å². The van der Waals surface area contributed by atoms with Crippen LogP contribution in [0.2, 0.25) is 0 Å². The lowest BCUT2D eigenvalue weighted by molar-refractivity contribution is 0.421. The van der Waals surface area contributed by atoms with Gasteiger partial charge in [0.25, 0.3) is 0 Å². The van der Waals surface area contributed by atoms with Crippen LogP contribution < -0.4 is 0 Å². The molecular formula is C18H27N3O2S. The molecule has 0 spiro atoms. The fourth-order valence-corrected chi connectivity index (χ4v) is 4.34. The molecule has 0 saturated carbocycles. The zero-order chi connectivity index (χ0) is 18.1. The van der Waals surface area contributed by atoms with Crippen LogP contribution in [0.1, 0.15) is 41.9 Å². The zero-order valence-electron chi connectivity index (χ0n) is 15.4. The van der Waals surface area contributed by atoms with Crippen LogP contribution in [-0.4, -0.2) is 29.0 Å². The molecule has 1 aromatic carbocycles. The Bertz CT molecular complexity index is 838. The molecule has 0 N–H and O–H groups in total. The summed E-state index contributed by atoms with van der Waals surface area (Å²) in [5.41, 5.74) is 4.99. The fraction of sp³-hybridized carbons (Fsp3) is 0.500. The van der Waals surface area contributed by atoms with E-state index < -0.39 is 10.0 Å². The SMILES string of the molecule is CCN(Cc1c(C)nn(CC)c1C)S(=O)(=O)c1ccc(C)c(C)c1. The molecule has 0 fully saturated rings. The molecule has 0 atom stereocenters. The Morgan fingerprint density at radius 3 is 2.25 bits per heavy atom. The third-order valence-electron chi connectivity index (χ3n) is 4.63. The summed E-state index contributed by atoms with van der Waals surface area (Å²) in [6.07, 6.45) is 0. The molecule has 2 aromatic rings. The maximum atomic E-state index is 13.0. The normalized spacial score (nSPS) is 12.1. The summed E-state index contributed by atoms with van der Waals surface area (Å²) in [6, 6.07) is 5.31. The average molecular weight is 350 g/mol. The van der Waals surface area contributed by atoms with Gasteiger partial charge >= 0.3 is 0 Å². The molecule has 24 heavy (non-hydrogen) atoms. The molecule has 0 unspecified atom stereocenters. The van der Waals surface area contributed by atoms with Crippen molar-refractivity contribution in [2.45, 2.75) is 59.5 Å². The molecule has 1 aromatic heterocycles. The van der Waals surface area contributed by atoms with Crippen molar-refractivity contribution in [1.82, 2.24) is 14.1 Å². The smallest absolute Gasteiger partial charge is 0.243 e. The number of hydrogen-bond donors (Lipinski definition) is 0. The monoisotopic (exact) mass is 349 g/mol. The molecule has 132 valence electrons. The molecule has 0 aliphatic heterocycles. The van der Waals surface area contributed by atoms with E-state index in [1.807, 2.05) is 52.3 Å². The van der Waals surface area contributed by atoms with E-state index >= 15 is 0 Å². The minimum atomic E-state index is -3.52. The van der Waals surface area contributed by atoms with Crippen molar-refractivity contribution in [1.29, 1.82) is 0 Å². The maximum Gasteiger partial charge on any atom is 0.243 e. The molecule has 0 aliphatic carbocycles. The first kappa shape index (κ1) is 18.7. The van der Waals surface area contributed by atoms with Gasteiger partial charge in [-0.3, -0.25) is 4.68 Å². The second-order valence-corrected chi connectivity index (χ2v) is 8.08. The molecule has 0 saturated heterocycles. The van der Waals surface area contributed by atoms with Gasteiger partial charge in [0.1, 0.15) is 0 Å². The average Bonchev–Trinajstić information content (AvgIpc) is 2.81. The van der Waals surface area contributed by atoms with E-state index in [1.165, 1.54) is 4.31 Å². The van der Waals surface area contributed by atoms with E-state index in [0.29, 0.717) is 18.0 Å². The molecule has 1 heterocycles. The number of hydrogen-bond acceptors (Lipinski definition) is 3. The second kappa shape index (κ2) is 7.07. The van der Waals surface area contributed by atoms with Crippen LogP contribution in [0.5, 0.6) is 0 Å². The Kier molecular flexibility index (Phi) is 5.50. The summed E-state index contributed by atoms with van der Waals surface area (Å²) in [7, 11) is -3.52. The minimum absolute atomic E-state index is 0.351. The van der Waals surface area contributed by atoms with Gasteiger partial charge in [0.15, 0.2) is 0 Å². The van der Waals surface area contributed by atoms with E-state index in [0.717, 1.165) is 34.6 Å². The van der Waals surface area contributed by atoms with Crippen molar-refractivity contribution >= 4 is 10.0 Å². The van der Waals surface area contributed by atoms with Crippen LogP contribution in [0.15, 0.2) is 23.1 Å². The van der Waals surface area contributed by atoms with E-state index in [2.05, 4.69) is 5.10 Å². The Morgan fingerprint density at radius 1 is 1.08 bits per heavy atom. The Hall–Kier alpha value is -1.66. The topological polar surface area (TPSA) is 55.2 Å². The molecule has 0 amide bonds. The third kappa shape index (κ3) is 3.39. The number of sulfonamides is 1. The first-order valence-electron chi connectivity index (χ1n) is 8.32. The van der Waals surface area contributed by atoms with Gasteiger partial charge in [-0.2, -0.15) is 9.40 Å². The van der Waals surface area contributed by atoms with Crippen LogP contribution in [0.4, 0.5) is 0 Å². The maximum absolute atomic E-state index is 13.0. The third-order valence-corrected chi connectivity index (χ3v) is 6.55. The molecule has 0 radical (unpaired) electrons. The van der Waals surface area contributed by atoms with Crippen molar-refractivity contribution in [3.05, 3.63) is 46.3 Å². The Balaban J connectivity index is 2.40. The summed E-state index contributed by atoms with van der Waals surface area (Å²) in [6.45, 7) is 13.3. The fourth-order valence-electron chi connectivity index (χ4n) is 2.84. The van der Waals surface area contributed by atoms with E-state index in [4.69, 9.17) is 0 Å². The molecule has 0 bridgehead atoms. The second-order valence-electron chi connectivity index (χ2n) is 6.14. The largest absolute Gasteiger partial charge is 0.270 e. The first-order chi connectivity index (χ1) is 11.2. The predicted octanol–water partition coefficient (Wildman–Crippen LogP) is 3.35. The van der Waals surface area contributed by atoms with Gasteiger partial charge in [-0.1, -0.05) is 13.0 Å². The quantitative estimate of drug-likeness (QED) is 0.803. The number of nitrogens with zero attached hydrogens (tertiary/aromatic N) is 3.